The van der Waals surface area contributed by atoms with Crippen LogP contribution in [0.2, 0.25) is 0 Å². The number of nitrogens with zero attached hydrogens (tertiary/aromatic N) is 4. The first-order valence-corrected chi connectivity index (χ1v) is 5.43. The highest BCUT2D eigenvalue weighted by molar-refractivity contribution is 5.35. The molecule has 0 aliphatic rings. The Morgan fingerprint density at radius 1 is 1.22 bits per heavy atom. The molecule has 0 saturated heterocycles. The molecule has 8 nitrogen and oxygen atoms in total. The van der Waals surface area contributed by atoms with Gasteiger partial charge in [-0.1, -0.05) is 0 Å². The molecule has 0 N–H and O–H groups in total. The fraction of sp³-hybridized carbons (Fsp3) is 0.400. The number of nitro groups is 1. The number of non-ortho nitro benzene ring substituents is 1. The van der Waals surface area contributed by atoms with Crippen molar-refractivity contribution >= 4 is 5.69 Å². The first-order chi connectivity index (χ1) is 8.58. The fourth-order valence-corrected chi connectivity index (χ4v) is 1.23. The number of hydrazine groups is 1. The van der Waals surface area contributed by atoms with Crippen molar-refractivity contribution in [3.8, 4) is 5.75 Å². The smallest absolute Gasteiger partial charge is 0.269 e. The van der Waals surface area contributed by atoms with Crippen LogP contribution in [0.5, 0.6) is 5.75 Å². The molecule has 0 bridgehead atoms. The number of nitro benzene ring substituents is 1. The summed E-state index contributed by atoms with van der Waals surface area (Å²) in [6.45, 7) is 4.64. The van der Waals surface area contributed by atoms with Gasteiger partial charge in [-0.05, 0) is 26.0 Å². The molecule has 0 aromatic heterocycles. The zero-order valence-electron chi connectivity index (χ0n) is 10.1. The maximum Gasteiger partial charge on any atom is 0.269 e. The maximum absolute atomic E-state index is 11.4. The molecule has 8 heteroatoms. The van der Waals surface area contributed by atoms with Crippen molar-refractivity contribution in [1.29, 1.82) is 0 Å². The normalized spacial score (nSPS) is 11.1. The van der Waals surface area contributed by atoms with Crippen molar-refractivity contribution in [2.75, 3.05) is 13.1 Å². The van der Waals surface area contributed by atoms with Gasteiger partial charge in [-0.2, -0.15) is 0 Å². The monoisotopic (exact) mass is 254 g/mol. The van der Waals surface area contributed by atoms with Gasteiger partial charge in [0.15, 0.2) is 5.75 Å². The summed E-state index contributed by atoms with van der Waals surface area (Å²) >= 11 is 0. The molecule has 0 saturated carbocycles. The van der Waals surface area contributed by atoms with E-state index in [1.165, 1.54) is 29.3 Å². The minimum absolute atomic E-state index is 0.0509. The molecule has 98 valence electrons. The molecule has 0 radical (unpaired) electrons. The third-order valence-corrected chi connectivity index (χ3v) is 2.24. The van der Waals surface area contributed by atoms with E-state index in [1.807, 2.05) is 13.8 Å². The second kappa shape index (κ2) is 6.38. The molecule has 0 heterocycles. The van der Waals surface area contributed by atoms with Crippen LogP contribution >= 0.6 is 0 Å². The second-order valence-electron chi connectivity index (χ2n) is 3.32. The van der Waals surface area contributed by atoms with Crippen LogP contribution in [-0.2, 0) is 0 Å². The van der Waals surface area contributed by atoms with E-state index in [4.69, 9.17) is 4.84 Å². The Morgan fingerprint density at radius 2 is 1.78 bits per heavy atom. The lowest BCUT2D eigenvalue weighted by atomic mass is 10.3. The highest BCUT2D eigenvalue weighted by Crippen LogP contribution is 2.17. The number of benzene rings is 1. The topological polar surface area (TPSA) is 94.0 Å². The summed E-state index contributed by atoms with van der Waals surface area (Å²) in [7, 11) is 0. The van der Waals surface area contributed by atoms with Crippen LogP contribution in [0.25, 0.3) is 0 Å². The van der Waals surface area contributed by atoms with Gasteiger partial charge in [0.2, 0.25) is 5.28 Å². The molecule has 0 aliphatic carbocycles. The Hall–Kier alpha value is -2.38. The molecule has 0 unspecified atom stereocenters. The minimum Gasteiger partial charge on any atom is -0.569 e. The maximum atomic E-state index is 11.4. The predicted molar refractivity (Wildman–Crippen MR) is 62.7 cm³/mol. The third kappa shape index (κ3) is 3.58. The van der Waals surface area contributed by atoms with E-state index in [0.717, 1.165) is 0 Å². The van der Waals surface area contributed by atoms with Gasteiger partial charge in [0.1, 0.15) is 0 Å². The van der Waals surface area contributed by atoms with Crippen LogP contribution in [0.15, 0.2) is 29.5 Å². The Bertz CT molecular complexity index is 428. The van der Waals surface area contributed by atoms with Crippen molar-refractivity contribution in [3.05, 3.63) is 39.6 Å². The van der Waals surface area contributed by atoms with Gasteiger partial charge in [-0.3, -0.25) is 10.1 Å². The van der Waals surface area contributed by atoms with Gasteiger partial charge in [0.25, 0.3) is 5.69 Å². The Kier molecular flexibility index (Phi) is 4.85. The lowest BCUT2D eigenvalue weighted by Crippen LogP contribution is -2.30. The summed E-state index contributed by atoms with van der Waals surface area (Å²) in [5, 5.41) is 26.6. The summed E-state index contributed by atoms with van der Waals surface area (Å²) < 4.78 is 0. The van der Waals surface area contributed by atoms with Gasteiger partial charge >= 0.3 is 0 Å². The van der Waals surface area contributed by atoms with E-state index in [-0.39, 0.29) is 11.4 Å². The third-order valence-electron chi connectivity index (χ3n) is 2.24. The minimum atomic E-state index is -0.517. The molecule has 18 heavy (non-hydrogen) atoms. The standard InChI is InChI=1S/C10H14N4O4/c1-3-12(4-2)14(17)11-18-10-7-5-9(6-8-10)13(15)16/h5-8H,3-4H2,1-2H3/b14-11-. The average Bonchev–Trinajstić information content (AvgIpc) is 2.38. The number of hydrogen-bond donors (Lipinski definition) is 0. The highest BCUT2D eigenvalue weighted by Gasteiger charge is 2.08. The van der Waals surface area contributed by atoms with E-state index in [2.05, 4.69) is 5.28 Å². The zero-order chi connectivity index (χ0) is 13.5. The molecule has 1 rings (SSSR count). The van der Waals surface area contributed by atoms with E-state index in [9.17, 15) is 15.3 Å². The zero-order valence-corrected chi connectivity index (χ0v) is 10.1. The van der Waals surface area contributed by atoms with Crippen LogP contribution in [0.1, 0.15) is 13.8 Å². The van der Waals surface area contributed by atoms with E-state index >= 15 is 0 Å². The highest BCUT2D eigenvalue weighted by atomic mass is 16.7. The lowest BCUT2D eigenvalue weighted by molar-refractivity contribution is -0.706. The molecule has 0 amide bonds. The average molecular weight is 254 g/mol. The van der Waals surface area contributed by atoms with Crippen molar-refractivity contribution in [2.24, 2.45) is 5.28 Å². The largest absolute Gasteiger partial charge is 0.569 e. The first kappa shape index (κ1) is 13.7. The second-order valence-corrected chi connectivity index (χ2v) is 3.32. The molecular weight excluding hydrogens is 240 g/mol. The van der Waals surface area contributed by atoms with E-state index in [0.29, 0.717) is 18.1 Å². The van der Waals surface area contributed by atoms with Gasteiger partial charge in [0, 0.05) is 12.1 Å². The fourth-order valence-electron chi connectivity index (χ4n) is 1.23. The van der Waals surface area contributed by atoms with Crippen LogP contribution in [0.3, 0.4) is 0 Å². The Labute approximate surface area is 104 Å². The van der Waals surface area contributed by atoms with E-state index in [1.54, 1.807) is 0 Å². The van der Waals surface area contributed by atoms with Crippen LogP contribution in [-0.4, -0.2) is 28.0 Å². The SMILES string of the molecule is CCN(CC)/[N+]([O-])=N/Oc1ccc([N+](=O)[O-])cc1. The molecule has 1 aromatic carbocycles. The Balaban J connectivity index is 2.68. The number of rotatable bonds is 6. The van der Waals surface area contributed by atoms with Crippen molar-refractivity contribution in [2.45, 2.75) is 13.8 Å². The van der Waals surface area contributed by atoms with Crippen LogP contribution in [0, 0.1) is 15.3 Å². The molecular formula is C10H14N4O4. The summed E-state index contributed by atoms with van der Waals surface area (Å²) in [4.78, 5) is 15.1. The quantitative estimate of drug-likeness (QED) is 0.335. The Morgan fingerprint density at radius 3 is 2.22 bits per heavy atom. The number of hydrogen-bond acceptors (Lipinski definition) is 5. The molecule has 1 aromatic rings. The van der Waals surface area contributed by atoms with Crippen molar-refractivity contribution in [3.63, 3.8) is 0 Å². The lowest BCUT2D eigenvalue weighted by Gasteiger charge is -2.13. The van der Waals surface area contributed by atoms with E-state index < -0.39 is 4.92 Å². The molecule has 0 spiro atoms. The summed E-state index contributed by atoms with van der Waals surface area (Å²) in [6.07, 6.45) is 0. The summed E-state index contributed by atoms with van der Waals surface area (Å²) in [5.74, 6) is 0.258. The van der Waals surface area contributed by atoms with Gasteiger partial charge < -0.3 is 10.0 Å². The van der Waals surface area contributed by atoms with Crippen LogP contribution < -0.4 is 4.84 Å². The summed E-state index contributed by atoms with van der Waals surface area (Å²) in [5.41, 5.74) is -0.0509. The molecule has 0 aliphatic heterocycles. The summed E-state index contributed by atoms with van der Waals surface area (Å²) in [6, 6.07) is 5.30. The van der Waals surface area contributed by atoms with Crippen LogP contribution in [0.4, 0.5) is 5.69 Å². The predicted octanol–water partition coefficient (Wildman–Crippen LogP) is 2.11. The van der Waals surface area contributed by atoms with Gasteiger partial charge in [-0.15, -0.1) is 5.01 Å². The van der Waals surface area contributed by atoms with Crippen molar-refractivity contribution in [1.82, 2.24) is 5.01 Å². The van der Waals surface area contributed by atoms with Crippen molar-refractivity contribution < 1.29 is 14.7 Å². The molecule has 0 fully saturated rings. The van der Waals surface area contributed by atoms with Gasteiger partial charge in [-0.25, -0.2) is 0 Å². The molecule has 0 atom stereocenters. The first-order valence-electron chi connectivity index (χ1n) is 5.43. The van der Waals surface area contributed by atoms with Gasteiger partial charge in [0.05, 0.1) is 23.0 Å².